The Morgan fingerprint density at radius 1 is 1.19 bits per heavy atom. The SMILES string of the molecule is CC(C)Cc1nc(CN(CCN)Cc2ccccc2)no1. The molecule has 5 heteroatoms. The van der Waals surface area contributed by atoms with E-state index >= 15 is 0 Å². The van der Waals surface area contributed by atoms with E-state index in [-0.39, 0.29) is 0 Å². The second-order valence-corrected chi connectivity index (χ2v) is 5.69. The Morgan fingerprint density at radius 3 is 2.62 bits per heavy atom. The second kappa shape index (κ2) is 7.90. The fraction of sp³-hybridized carbons (Fsp3) is 0.500. The van der Waals surface area contributed by atoms with E-state index in [1.54, 1.807) is 0 Å². The highest BCUT2D eigenvalue weighted by atomic mass is 16.5. The fourth-order valence-corrected chi connectivity index (χ4v) is 2.22. The monoisotopic (exact) mass is 288 g/mol. The highest BCUT2D eigenvalue weighted by Gasteiger charge is 2.12. The molecular weight excluding hydrogens is 264 g/mol. The number of nitrogens with two attached hydrogens (primary N) is 1. The summed E-state index contributed by atoms with van der Waals surface area (Å²) in [6.07, 6.45) is 0.822. The molecule has 1 aromatic carbocycles. The van der Waals surface area contributed by atoms with Crippen LogP contribution in [0.5, 0.6) is 0 Å². The normalized spacial score (nSPS) is 11.5. The molecule has 1 heterocycles. The van der Waals surface area contributed by atoms with E-state index in [4.69, 9.17) is 10.3 Å². The third-order valence-electron chi connectivity index (χ3n) is 3.15. The number of hydrogen-bond donors (Lipinski definition) is 1. The minimum Gasteiger partial charge on any atom is -0.339 e. The lowest BCUT2D eigenvalue weighted by Gasteiger charge is -2.19. The first kappa shape index (κ1) is 15.7. The van der Waals surface area contributed by atoms with Gasteiger partial charge in [0.05, 0.1) is 6.54 Å². The minimum absolute atomic E-state index is 0.516. The van der Waals surface area contributed by atoms with Gasteiger partial charge in [-0.2, -0.15) is 4.98 Å². The number of benzene rings is 1. The van der Waals surface area contributed by atoms with Gasteiger partial charge in [-0.05, 0) is 11.5 Å². The van der Waals surface area contributed by atoms with Crippen molar-refractivity contribution in [3.63, 3.8) is 0 Å². The van der Waals surface area contributed by atoms with Crippen molar-refractivity contribution in [1.29, 1.82) is 0 Å². The van der Waals surface area contributed by atoms with Crippen LogP contribution in [0, 0.1) is 5.92 Å². The molecule has 0 bridgehead atoms. The van der Waals surface area contributed by atoms with E-state index in [9.17, 15) is 0 Å². The molecule has 2 aromatic rings. The molecule has 0 amide bonds. The van der Waals surface area contributed by atoms with Gasteiger partial charge in [-0.1, -0.05) is 49.3 Å². The van der Waals surface area contributed by atoms with Crippen molar-refractivity contribution in [2.75, 3.05) is 13.1 Å². The van der Waals surface area contributed by atoms with Crippen molar-refractivity contribution in [3.8, 4) is 0 Å². The molecule has 2 N–H and O–H groups in total. The Balaban J connectivity index is 1.97. The van der Waals surface area contributed by atoms with Gasteiger partial charge in [-0.25, -0.2) is 0 Å². The van der Waals surface area contributed by atoms with Crippen molar-refractivity contribution in [1.82, 2.24) is 15.0 Å². The van der Waals surface area contributed by atoms with Crippen molar-refractivity contribution >= 4 is 0 Å². The van der Waals surface area contributed by atoms with Crippen LogP contribution in [0.15, 0.2) is 34.9 Å². The van der Waals surface area contributed by atoms with Gasteiger partial charge in [0.2, 0.25) is 5.89 Å². The lowest BCUT2D eigenvalue weighted by Crippen LogP contribution is -2.29. The molecule has 0 saturated heterocycles. The topological polar surface area (TPSA) is 68.2 Å². The van der Waals surface area contributed by atoms with Crippen LogP contribution in [-0.2, 0) is 19.5 Å². The average molecular weight is 288 g/mol. The van der Waals surface area contributed by atoms with Crippen LogP contribution in [-0.4, -0.2) is 28.1 Å². The quantitative estimate of drug-likeness (QED) is 0.806. The first-order chi connectivity index (χ1) is 10.2. The lowest BCUT2D eigenvalue weighted by molar-refractivity contribution is 0.252. The van der Waals surface area contributed by atoms with Gasteiger partial charge in [-0.3, -0.25) is 4.90 Å². The number of hydrogen-bond acceptors (Lipinski definition) is 5. The molecule has 2 rings (SSSR count). The summed E-state index contributed by atoms with van der Waals surface area (Å²) in [4.78, 5) is 6.69. The largest absolute Gasteiger partial charge is 0.339 e. The van der Waals surface area contributed by atoms with Gasteiger partial charge in [0.15, 0.2) is 5.82 Å². The number of rotatable bonds is 8. The third kappa shape index (κ3) is 5.28. The summed E-state index contributed by atoms with van der Waals surface area (Å²) >= 11 is 0. The molecule has 0 fully saturated rings. The van der Waals surface area contributed by atoms with E-state index in [0.717, 1.165) is 25.3 Å². The lowest BCUT2D eigenvalue weighted by atomic mass is 10.1. The van der Waals surface area contributed by atoms with E-state index in [0.29, 0.717) is 24.9 Å². The van der Waals surface area contributed by atoms with Gasteiger partial charge in [0, 0.05) is 26.1 Å². The summed E-state index contributed by atoms with van der Waals surface area (Å²) in [5, 5.41) is 4.06. The molecule has 0 saturated carbocycles. The maximum absolute atomic E-state index is 5.70. The Hall–Kier alpha value is -1.72. The van der Waals surface area contributed by atoms with Gasteiger partial charge >= 0.3 is 0 Å². The molecule has 0 spiro atoms. The van der Waals surface area contributed by atoms with Crippen molar-refractivity contribution < 1.29 is 4.52 Å². The maximum atomic E-state index is 5.70. The first-order valence-corrected chi connectivity index (χ1v) is 7.45. The van der Waals surface area contributed by atoms with E-state index in [1.165, 1.54) is 5.56 Å². The minimum atomic E-state index is 0.516. The van der Waals surface area contributed by atoms with E-state index < -0.39 is 0 Å². The van der Waals surface area contributed by atoms with Crippen LogP contribution in [0.3, 0.4) is 0 Å². The summed E-state index contributed by atoms with van der Waals surface area (Å²) in [6, 6.07) is 10.3. The molecular formula is C16H24N4O. The molecule has 1 aromatic heterocycles. The Morgan fingerprint density at radius 2 is 1.95 bits per heavy atom. The van der Waals surface area contributed by atoms with Gasteiger partial charge in [0.25, 0.3) is 0 Å². The van der Waals surface area contributed by atoms with Crippen molar-refractivity contribution in [2.24, 2.45) is 11.7 Å². The number of aromatic nitrogens is 2. The molecule has 0 aliphatic carbocycles. The van der Waals surface area contributed by atoms with Gasteiger partial charge in [-0.15, -0.1) is 0 Å². The fourth-order valence-electron chi connectivity index (χ4n) is 2.22. The van der Waals surface area contributed by atoms with Crippen LogP contribution in [0.25, 0.3) is 0 Å². The summed E-state index contributed by atoms with van der Waals surface area (Å²) in [5.41, 5.74) is 6.96. The van der Waals surface area contributed by atoms with Crippen molar-refractivity contribution in [3.05, 3.63) is 47.6 Å². The Labute approximate surface area is 126 Å². The standard InChI is InChI=1S/C16H24N4O/c1-13(2)10-16-18-15(19-21-16)12-20(9-8-17)11-14-6-4-3-5-7-14/h3-7,13H,8-12,17H2,1-2H3. The Kier molecular flexibility index (Phi) is 5.90. The summed E-state index contributed by atoms with van der Waals surface area (Å²) < 4.78 is 5.29. The van der Waals surface area contributed by atoms with E-state index in [2.05, 4.69) is 41.0 Å². The highest BCUT2D eigenvalue weighted by molar-refractivity contribution is 5.14. The van der Waals surface area contributed by atoms with Crippen LogP contribution >= 0.6 is 0 Å². The molecule has 114 valence electrons. The molecule has 0 aliphatic heterocycles. The maximum Gasteiger partial charge on any atom is 0.226 e. The van der Waals surface area contributed by atoms with Crippen LogP contribution in [0.4, 0.5) is 0 Å². The first-order valence-electron chi connectivity index (χ1n) is 7.45. The molecule has 5 nitrogen and oxygen atoms in total. The van der Waals surface area contributed by atoms with Crippen LogP contribution in [0.2, 0.25) is 0 Å². The summed E-state index contributed by atoms with van der Waals surface area (Å²) in [5.74, 6) is 1.96. The zero-order chi connectivity index (χ0) is 15.1. The van der Waals surface area contributed by atoms with Crippen LogP contribution < -0.4 is 5.73 Å². The zero-order valence-corrected chi connectivity index (χ0v) is 12.8. The number of nitrogens with zero attached hydrogens (tertiary/aromatic N) is 3. The van der Waals surface area contributed by atoms with E-state index in [1.807, 2.05) is 18.2 Å². The smallest absolute Gasteiger partial charge is 0.226 e. The summed E-state index contributed by atoms with van der Waals surface area (Å²) in [6.45, 7) is 7.20. The zero-order valence-electron chi connectivity index (χ0n) is 12.8. The predicted molar refractivity (Wildman–Crippen MR) is 82.5 cm³/mol. The molecule has 0 radical (unpaired) electrons. The average Bonchev–Trinajstić information content (AvgIpc) is 2.86. The highest BCUT2D eigenvalue weighted by Crippen LogP contribution is 2.10. The molecule has 0 aliphatic rings. The molecule has 0 unspecified atom stereocenters. The van der Waals surface area contributed by atoms with Gasteiger partial charge in [0.1, 0.15) is 0 Å². The predicted octanol–water partition coefficient (Wildman–Crippen LogP) is 2.23. The van der Waals surface area contributed by atoms with Crippen molar-refractivity contribution in [2.45, 2.75) is 33.4 Å². The third-order valence-corrected chi connectivity index (χ3v) is 3.15. The summed E-state index contributed by atoms with van der Waals surface area (Å²) in [7, 11) is 0. The molecule has 21 heavy (non-hydrogen) atoms. The second-order valence-electron chi connectivity index (χ2n) is 5.69. The van der Waals surface area contributed by atoms with Crippen LogP contribution in [0.1, 0.15) is 31.1 Å². The molecule has 0 atom stereocenters. The Bertz CT molecular complexity index is 524. The van der Waals surface area contributed by atoms with Gasteiger partial charge < -0.3 is 10.3 Å².